The summed E-state index contributed by atoms with van der Waals surface area (Å²) >= 11 is 0. The Morgan fingerprint density at radius 2 is 1.68 bits per heavy atom. The molecule has 0 saturated carbocycles. The van der Waals surface area contributed by atoms with E-state index in [1.54, 1.807) is 0 Å². The molecule has 1 atom stereocenters. The maximum absolute atomic E-state index is 12.3. The number of hydrogen-bond donors (Lipinski definition) is 1. The van der Waals surface area contributed by atoms with E-state index in [1.165, 1.54) is 0 Å². The normalized spacial score (nSPS) is 12.7. The topological polar surface area (TPSA) is 49.6 Å². The Labute approximate surface area is 119 Å². The van der Waals surface area contributed by atoms with Gasteiger partial charge in [-0.25, -0.2) is 0 Å². The van der Waals surface area contributed by atoms with Gasteiger partial charge >= 0.3 is 0 Å². The molecule has 0 aliphatic carbocycles. The highest BCUT2D eigenvalue weighted by atomic mass is 16.2. The van der Waals surface area contributed by atoms with Gasteiger partial charge in [0.05, 0.1) is 0 Å². The number of nitrogens with zero attached hydrogens (tertiary/aromatic N) is 2. The van der Waals surface area contributed by atoms with E-state index in [-0.39, 0.29) is 11.8 Å². The molecular weight excluding hydrogens is 238 g/mol. The second-order valence-electron chi connectivity index (χ2n) is 5.13. The summed E-state index contributed by atoms with van der Waals surface area (Å²) < 4.78 is 0. The fourth-order valence-electron chi connectivity index (χ4n) is 2.31. The maximum Gasteiger partial charge on any atom is 0.225 e. The van der Waals surface area contributed by atoms with Crippen LogP contribution >= 0.6 is 0 Å². The molecule has 0 rings (SSSR count). The van der Waals surface area contributed by atoms with Gasteiger partial charge in [-0.3, -0.25) is 4.79 Å². The van der Waals surface area contributed by atoms with Crippen molar-refractivity contribution in [1.82, 2.24) is 9.80 Å². The largest absolute Gasteiger partial charge is 0.343 e. The lowest BCUT2D eigenvalue weighted by Gasteiger charge is -2.26. The van der Waals surface area contributed by atoms with Crippen molar-refractivity contribution in [2.45, 2.75) is 47.0 Å². The highest BCUT2D eigenvalue weighted by molar-refractivity contribution is 5.78. The molecule has 0 aliphatic heterocycles. The zero-order valence-corrected chi connectivity index (χ0v) is 13.3. The molecule has 114 valence electrons. The van der Waals surface area contributed by atoms with Crippen molar-refractivity contribution in [3.8, 4) is 0 Å². The molecule has 1 unspecified atom stereocenters. The minimum absolute atomic E-state index is 0.108. The van der Waals surface area contributed by atoms with Crippen molar-refractivity contribution in [3.05, 3.63) is 0 Å². The molecule has 2 N–H and O–H groups in total. The van der Waals surface area contributed by atoms with Gasteiger partial charge in [-0.1, -0.05) is 20.8 Å². The van der Waals surface area contributed by atoms with E-state index in [0.29, 0.717) is 6.54 Å². The molecule has 0 saturated heterocycles. The van der Waals surface area contributed by atoms with Crippen LogP contribution in [0.1, 0.15) is 47.0 Å². The van der Waals surface area contributed by atoms with Crippen LogP contribution in [0.2, 0.25) is 0 Å². The predicted octanol–water partition coefficient (Wildman–Crippen LogP) is 1.94. The van der Waals surface area contributed by atoms with Crippen molar-refractivity contribution >= 4 is 5.91 Å². The summed E-state index contributed by atoms with van der Waals surface area (Å²) in [7, 11) is 0. The van der Waals surface area contributed by atoms with Crippen LogP contribution in [0, 0.1) is 5.92 Å². The highest BCUT2D eigenvalue weighted by Gasteiger charge is 2.18. The van der Waals surface area contributed by atoms with Gasteiger partial charge in [-0.05, 0) is 52.4 Å². The van der Waals surface area contributed by atoms with Crippen LogP contribution in [0.5, 0.6) is 0 Å². The fourth-order valence-corrected chi connectivity index (χ4v) is 2.31. The summed E-state index contributed by atoms with van der Waals surface area (Å²) in [6, 6.07) is 0. The molecule has 0 heterocycles. The molecule has 0 radical (unpaired) electrons. The van der Waals surface area contributed by atoms with E-state index in [0.717, 1.165) is 52.0 Å². The molecule has 0 aromatic rings. The summed E-state index contributed by atoms with van der Waals surface area (Å²) in [6.45, 7) is 14.0. The number of nitrogens with two attached hydrogens (primary N) is 1. The molecule has 0 spiro atoms. The summed E-state index contributed by atoms with van der Waals surface area (Å²) in [4.78, 5) is 16.7. The molecule has 0 aliphatic rings. The summed E-state index contributed by atoms with van der Waals surface area (Å²) in [6.07, 6.45) is 2.90. The smallest absolute Gasteiger partial charge is 0.225 e. The van der Waals surface area contributed by atoms with E-state index in [1.807, 2.05) is 11.8 Å². The van der Waals surface area contributed by atoms with Gasteiger partial charge in [-0.15, -0.1) is 0 Å². The Morgan fingerprint density at radius 1 is 1.05 bits per heavy atom. The molecule has 0 aromatic carbocycles. The maximum atomic E-state index is 12.3. The van der Waals surface area contributed by atoms with Crippen molar-refractivity contribution in [1.29, 1.82) is 0 Å². The number of carbonyl (C=O) groups excluding carboxylic acids is 1. The van der Waals surface area contributed by atoms with Gasteiger partial charge < -0.3 is 15.5 Å². The van der Waals surface area contributed by atoms with Crippen molar-refractivity contribution in [2.75, 3.05) is 39.3 Å². The Hall–Kier alpha value is -0.610. The Bertz CT molecular complexity index is 229. The van der Waals surface area contributed by atoms with Crippen molar-refractivity contribution < 1.29 is 4.79 Å². The van der Waals surface area contributed by atoms with Crippen LogP contribution in [-0.4, -0.2) is 55.0 Å². The minimum atomic E-state index is 0.108. The molecule has 4 nitrogen and oxygen atoms in total. The van der Waals surface area contributed by atoms with Gasteiger partial charge in [0, 0.05) is 19.0 Å². The third-order valence-electron chi connectivity index (χ3n) is 3.75. The molecular formula is C15H33N3O. The number of hydrogen-bond acceptors (Lipinski definition) is 3. The lowest BCUT2D eigenvalue weighted by Crippen LogP contribution is -2.37. The lowest BCUT2D eigenvalue weighted by atomic mass is 10.0. The standard InChI is InChI=1S/C15H33N3O/c1-5-17(6-2)12-9-13-18(7-3)15(19)14(4)10-8-11-16/h14H,5-13,16H2,1-4H3. The van der Waals surface area contributed by atoms with Crippen LogP contribution in [-0.2, 0) is 4.79 Å². The summed E-state index contributed by atoms with van der Waals surface area (Å²) in [5, 5.41) is 0. The average Bonchev–Trinajstić information content (AvgIpc) is 2.44. The SMILES string of the molecule is CCN(CC)CCCN(CC)C(=O)C(C)CCCN. The van der Waals surface area contributed by atoms with E-state index in [2.05, 4.69) is 25.7 Å². The zero-order valence-electron chi connectivity index (χ0n) is 13.3. The van der Waals surface area contributed by atoms with E-state index < -0.39 is 0 Å². The second kappa shape index (κ2) is 11.2. The third kappa shape index (κ3) is 7.53. The van der Waals surface area contributed by atoms with Crippen molar-refractivity contribution in [3.63, 3.8) is 0 Å². The molecule has 0 aromatic heterocycles. The van der Waals surface area contributed by atoms with Crippen LogP contribution in [0.3, 0.4) is 0 Å². The van der Waals surface area contributed by atoms with Gasteiger partial charge in [0.25, 0.3) is 0 Å². The Balaban J connectivity index is 4.07. The Morgan fingerprint density at radius 3 is 2.16 bits per heavy atom. The molecule has 19 heavy (non-hydrogen) atoms. The van der Waals surface area contributed by atoms with Crippen LogP contribution in [0.25, 0.3) is 0 Å². The van der Waals surface area contributed by atoms with E-state index in [4.69, 9.17) is 5.73 Å². The first kappa shape index (κ1) is 18.4. The number of carbonyl (C=O) groups is 1. The van der Waals surface area contributed by atoms with E-state index >= 15 is 0 Å². The van der Waals surface area contributed by atoms with E-state index in [9.17, 15) is 4.79 Å². The quantitative estimate of drug-likeness (QED) is 0.625. The first-order valence-corrected chi connectivity index (χ1v) is 7.81. The predicted molar refractivity (Wildman–Crippen MR) is 82.1 cm³/mol. The first-order chi connectivity index (χ1) is 9.10. The number of amides is 1. The Kier molecular flexibility index (Phi) is 10.9. The second-order valence-corrected chi connectivity index (χ2v) is 5.13. The van der Waals surface area contributed by atoms with Crippen LogP contribution in [0.4, 0.5) is 0 Å². The molecule has 0 bridgehead atoms. The summed E-state index contributed by atoms with van der Waals surface area (Å²) in [5.74, 6) is 0.396. The number of rotatable bonds is 11. The van der Waals surface area contributed by atoms with Crippen molar-refractivity contribution in [2.24, 2.45) is 11.7 Å². The monoisotopic (exact) mass is 271 g/mol. The highest BCUT2D eigenvalue weighted by Crippen LogP contribution is 2.10. The van der Waals surface area contributed by atoms with Gasteiger partial charge in [0.2, 0.25) is 5.91 Å². The lowest BCUT2D eigenvalue weighted by molar-refractivity contribution is -0.135. The molecule has 4 heteroatoms. The summed E-state index contributed by atoms with van der Waals surface area (Å²) in [5.41, 5.74) is 5.50. The van der Waals surface area contributed by atoms with Gasteiger partial charge in [0.15, 0.2) is 0 Å². The van der Waals surface area contributed by atoms with Gasteiger partial charge in [0.1, 0.15) is 0 Å². The van der Waals surface area contributed by atoms with Crippen LogP contribution < -0.4 is 5.73 Å². The third-order valence-corrected chi connectivity index (χ3v) is 3.75. The first-order valence-electron chi connectivity index (χ1n) is 7.81. The van der Waals surface area contributed by atoms with Crippen LogP contribution in [0.15, 0.2) is 0 Å². The fraction of sp³-hybridized carbons (Fsp3) is 0.933. The molecule has 0 fully saturated rings. The zero-order chi connectivity index (χ0) is 14.7. The van der Waals surface area contributed by atoms with Gasteiger partial charge in [-0.2, -0.15) is 0 Å². The molecule has 1 amide bonds. The average molecular weight is 271 g/mol. The minimum Gasteiger partial charge on any atom is -0.343 e.